The van der Waals surface area contributed by atoms with Crippen LogP contribution in [0.5, 0.6) is 0 Å². The number of nitrogens with one attached hydrogen (secondary N) is 1. The molecule has 15 heavy (non-hydrogen) atoms. The average molecular weight is 201 g/mol. The minimum absolute atomic E-state index is 0.0203. The van der Waals surface area contributed by atoms with Gasteiger partial charge in [-0.15, -0.1) is 0 Å². The van der Waals surface area contributed by atoms with E-state index in [2.05, 4.69) is 43.1 Å². The summed E-state index contributed by atoms with van der Waals surface area (Å²) in [4.78, 5) is 11.4. The van der Waals surface area contributed by atoms with E-state index in [-0.39, 0.29) is 17.9 Å². The van der Waals surface area contributed by atoms with Crippen LogP contribution in [-0.2, 0) is 4.79 Å². The Morgan fingerprint density at radius 3 is 2.33 bits per heavy atom. The van der Waals surface area contributed by atoms with Gasteiger partial charge < -0.3 is 5.32 Å². The molecule has 1 saturated heterocycles. The highest BCUT2D eigenvalue weighted by Gasteiger charge is 2.33. The molecule has 0 saturated carbocycles. The molecule has 2 atom stereocenters. The highest BCUT2D eigenvalue weighted by atomic mass is 16.2. The SMILES string of the molecule is C=C1C(=O)N[C@H](c2ccc(C)cc2)[C@@H]1C. The number of amides is 1. The van der Waals surface area contributed by atoms with Crippen LogP contribution in [0.2, 0.25) is 0 Å². The van der Waals surface area contributed by atoms with Crippen molar-refractivity contribution in [3.63, 3.8) is 0 Å². The van der Waals surface area contributed by atoms with Gasteiger partial charge in [0, 0.05) is 11.5 Å². The molecule has 1 aliphatic rings. The Morgan fingerprint density at radius 2 is 1.87 bits per heavy atom. The fraction of sp³-hybridized carbons (Fsp3) is 0.308. The van der Waals surface area contributed by atoms with Gasteiger partial charge in [0.05, 0.1) is 6.04 Å². The van der Waals surface area contributed by atoms with Gasteiger partial charge in [0.25, 0.3) is 0 Å². The van der Waals surface area contributed by atoms with E-state index in [4.69, 9.17) is 0 Å². The maximum absolute atomic E-state index is 11.4. The molecule has 1 fully saturated rings. The lowest BCUT2D eigenvalue weighted by atomic mass is 9.93. The second-order valence-electron chi connectivity index (χ2n) is 4.18. The van der Waals surface area contributed by atoms with Crippen molar-refractivity contribution in [1.82, 2.24) is 5.32 Å². The molecule has 1 heterocycles. The number of carbonyl (C=O) groups excluding carboxylic acids is 1. The summed E-state index contributed by atoms with van der Waals surface area (Å²) >= 11 is 0. The largest absolute Gasteiger partial charge is 0.345 e. The quantitative estimate of drug-likeness (QED) is 0.694. The molecule has 0 radical (unpaired) electrons. The summed E-state index contributed by atoms with van der Waals surface area (Å²) in [7, 11) is 0. The second kappa shape index (κ2) is 3.54. The van der Waals surface area contributed by atoms with Crippen LogP contribution < -0.4 is 5.32 Å². The Balaban J connectivity index is 2.29. The van der Waals surface area contributed by atoms with Gasteiger partial charge in [0.15, 0.2) is 0 Å². The van der Waals surface area contributed by atoms with Crippen LogP contribution in [0, 0.1) is 12.8 Å². The lowest BCUT2D eigenvalue weighted by Gasteiger charge is -2.15. The topological polar surface area (TPSA) is 29.1 Å². The van der Waals surface area contributed by atoms with Gasteiger partial charge in [-0.25, -0.2) is 0 Å². The van der Waals surface area contributed by atoms with Crippen molar-refractivity contribution in [3.8, 4) is 0 Å². The summed E-state index contributed by atoms with van der Waals surface area (Å²) in [5.41, 5.74) is 3.07. The first kappa shape index (κ1) is 9.97. The third kappa shape index (κ3) is 1.67. The van der Waals surface area contributed by atoms with Crippen LogP contribution in [0.25, 0.3) is 0 Å². The van der Waals surface area contributed by atoms with Crippen molar-refractivity contribution in [3.05, 3.63) is 47.5 Å². The molecule has 1 aromatic carbocycles. The van der Waals surface area contributed by atoms with Gasteiger partial charge in [0.2, 0.25) is 5.91 Å². The standard InChI is InChI=1S/C13H15NO/c1-8-4-6-11(7-5-8)12-9(2)10(3)13(15)14-12/h4-7,9,12H,3H2,1-2H3,(H,14,15)/t9-,12+/m1/s1. The Kier molecular flexibility index (Phi) is 2.35. The zero-order chi connectivity index (χ0) is 11.0. The minimum Gasteiger partial charge on any atom is -0.345 e. The first-order chi connectivity index (χ1) is 7.09. The van der Waals surface area contributed by atoms with Crippen LogP contribution in [0.4, 0.5) is 0 Å². The molecule has 1 N–H and O–H groups in total. The Labute approximate surface area is 90.0 Å². The third-order valence-electron chi connectivity index (χ3n) is 3.06. The van der Waals surface area contributed by atoms with Gasteiger partial charge in [-0.3, -0.25) is 4.79 Å². The summed E-state index contributed by atoms with van der Waals surface area (Å²) in [5, 5.41) is 2.95. The highest BCUT2D eigenvalue weighted by Crippen LogP contribution is 2.32. The molecule has 0 unspecified atom stereocenters. The fourth-order valence-electron chi connectivity index (χ4n) is 1.91. The minimum atomic E-state index is -0.0203. The van der Waals surface area contributed by atoms with E-state index in [0.29, 0.717) is 5.57 Å². The fourth-order valence-corrected chi connectivity index (χ4v) is 1.91. The molecule has 1 amide bonds. The molecular formula is C13H15NO. The number of benzene rings is 1. The summed E-state index contributed by atoms with van der Waals surface area (Å²) in [5.74, 6) is 0.160. The summed E-state index contributed by atoms with van der Waals surface area (Å²) in [6.45, 7) is 7.88. The number of hydrogen-bond acceptors (Lipinski definition) is 1. The number of hydrogen-bond donors (Lipinski definition) is 1. The molecular weight excluding hydrogens is 186 g/mol. The van der Waals surface area contributed by atoms with Crippen molar-refractivity contribution in [2.24, 2.45) is 5.92 Å². The number of aryl methyl sites for hydroxylation is 1. The van der Waals surface area contributed by atoms with Gasteiger partial charge in [-0.2, -0.15) is 0 Å². The Bertz CT molecular complexity index is 405. The van der Waals surface area contributed by atoms with Gasteiger partial charge in [-0.1, -0.05) is 43.3 Å². The van der Waals surface area contributed by atoms with Crippen molar-refractivity contribution >= 4 is 5.91 Å². The van der Waals surface area contributed by atoms with Gasteiger partial charge in [-0.05, 0) is 12.5 Å². The molecule has 0 spiro atoms. The van der Waals surface area contributed by atoms with Crippen LogP contribution in [0.3, 0.4) is 0 Å². The third-order valence-corrected chi connectivity index (χ3v) is 3.06. The lowest BCUT2D eigenvalue weighted by molar-refractivity contribution is -0.116. The molecule has 0 aliphatic carbocycles. The van der Waals surface area contributed by atoms with Crippen molar-refractivity contribution in [2.75, 3.05) is 0 Å². The average Bonchev–Trinajstić information content (AvgIpc) is 2.47. The molecule has 2 heteroatoms. The van der Waals surface area contributed by atoms with E-state index >= 15 is 0 Å². The molecule has 78 valence electrons. The molecule has 0 bridgehead atoms. The van der Waals surface area contributed by atoms with Gasteiger partial charge >= 0.3 is 0 Å². The monoisotopic (exact) mass is 201 g/mol. The van der Waals surface area contributed by atoms with E-state index in [1.54, 1.807) is 0 Å². The Morgan fingerprint density at radius 1 is 1.27 bits per heavy atom. The molecule has 1 aromatic rings. The molecule has 1 aliphatic heterocycles. The summed E-state index contributed by atoms with van der Waals surface area (Å²) < 4.78 is 0. The first-order valence-corrected chi connectivity index (χ1v) is 5.16. The molecule has 2 rings (SSSR count). The van der Waals surface area contributed by atoms with Crippen molar-refractivity contribution < 1.29 is 4.79 Å². The zero-order valence-electron chi connectivity index (χ0n) is 9.08. The zero-order valence-corrected chi connectivity index (χ0v) is 9.08. The van der Waals surface area contributed by atoms with E-state index < -0.39 is 0 Å². The summed E-state index contributed by atoms with van der Waals surface area (Å²) in [6.07, 6.45) is 0. The maximum atomic E-state index is 11.4. The van der Waals surface area contributed by atoms with E-state index in [1.165, 1.54) is 5.56 Å². The normalized spacial score (nSPS) is 25.5. The first-order valence-electron chi connectivity index (χ1n) is 5.16. The van der Waals surface area contributed by atoms with Gasteiger partial charge in [0.1, 0.15) is 0 Å². The van der Waals surface area contributed by atoms with Crippen molar-refractivity contribution in [2.45, 2.75) is 19.9 Å². The number of carbonyl (C=O) groups is 1. The smallest absolute Gasteiger partial charge is 0.247 e. The van der Waals surface area contributed by atoms with Crippen LogP contribution in [-0.4, -0.2) is 5.91 Å². The lowest BCUT2D eigenvalue weighted by Crippen LogP contribution is -2.20. The van der Waals surface area contributed by atoms with Crippen LogP contribution >= 0.6 is 0 Å². The molecule has 0 aromatic heterocycles. The number of rotatable bonds is 1. The summed E-state index contributed by atoms with van der Waals surface area (Å²) in [6, 6.07) is 8.35. The second-order valence-corrected chi connectivity index (χ2v) is 4.18. The van der Waals surface area contributed by atoms with E-state index in [9.17, 15) is 4.79 Å². The van der Waals surface area contributed by atoms with E-state index in [0.717, 1.165) is 5.56 Å². The highest BCUT2D eigenvalue weighted by molar-refractivity contribution is 5.96. The maximum Gasteiger partial charge on any atom is 0.247 e. The predicted octanol–water partition coefficient (Wildman–Crippen LogP) is 2.36. The van der Waals surface area contributed by atoms with E-state index in [1.807, 2.05) is 6.92 Å². The predicted molar refractivity (Wildman–Crippen MR) is 60.4 cm³/mol. The van der Waals surface area contributed by atoms with Crippen LogP contribution in [0.1, 0.15) is 24.1 Å². The van der Waals surface area contributed by atoms with Crippen molar-refractivity contribution in [1.29, 1.82) is 0 Å². The molecule has 2 nitrogen and oxygen atoms in total. The van der Waals surface area contributed by atoms with Crippen LogP contribution in [0.15, 0.2) is 36.4 Å². The Hall–Kier alpha value is -1.57.